The van der Waals surface area contributed by atoms with Gasteiger partial charge in [0.2, 0.25) is 5.88 Å². The fraction of sp³-hybridized carbons (Fsp3) is 0.474. The van der Waals surface area contributed by atoms with Gasteiger partial charge >= 0.3 is 0 Å². The van der Waals surface area contributed by atoms with Crippen molar-refractivity contribution in [2.24, 2.45) is 5.73 Å². The molecule has 1 atom stereocenters. The predicted octanol–water partition coefficient (Wildman–Crippen LogP) is 1.83. The van der Waals surface area contributed by atoms with Crippen LogP contribution >= 0.6 is 0 Å². The zero-order chi connectivity index (χ0) is 18.7. The molecule has 7 nitrogen and oxygen atoms in total. The molecule has 0 spiro atoms. The summed E-state index contributed by atoms with van der Waals surface area (Å²) in [6.45, 7) is 6.64. The van der Waals surface area contributed by atoms with E-state index in [0.29, 0.717) is 30.4 Å². The molecule has 1 aliphatic rings. The molecule has 0 aliphatic carbocycles. The first kappa shape index (κ1) is 18.4. The second kappa shape index (κ2) is 7.88. The van der Waals surface area contributed by atoms with E-state index in [1.165, 1.54) is 0 Å². The number of rotatable bonds is 6. The maximum absolute atomic E-state index is 11.8. The molecular weight excluding hydrogens is 334 g/mol. The number of fused-ring (bicyclic) bond motifs is 1. The Kier molecular flexibility index (Phi) is 5.58. The minimum atomic E-state index is -0.527. The third kappa shape index (κ3) is 4.23. The number of carbonyl (C=O) groups is 1. The highest BCUT2D eigenvalue weighted by Gasteiger charge is 2.20. The standard InChI is InChI=1S/C19H25N3O4/c1-12(2)26-17-9-15-13(8-16(17)18(20)23)4-5-21-19(15)25-11-14-10-22(3)6-7-24-14/h4-5,8-9,12,14H,6-7,10-11H2,1-3H3,(H2,20,23). The van der Waals surface area contributed by atoms with Crippen LogP contribution in [-0.2, 0) is 4.74 Å². The van der Waals surface area contributed by atoms with Gasteiger partial charge in [-0.15, -0.1) is 0 Å². The number of hydrogen-bond acceptors (Lipinski definition) is 6. The zero-order valence-electron chi connectivity index (χ0n) is 15.4. The molecule has 0 bridgehead atoms. The van der Waals surface area contributed by atoms with Crippen molar-refractivity contribution in [1.29, 1.82) is 0 Å². The van der Waals surface area contributed by atoms with Gasteiger partial charge in [0.05, 0.1) is 18.3 Å². The Bertz CT molecular complexity index is 794. The molecule has 1 fully saturated rings. The van der Waals surface area contributed by atoms with Gasteiger partial charge in [0, 0.05) is 24.7 Å². The summed E-state index contributed by atoms with van der Waals surface area (Å²) in [6, 6.07) is 5.30. The first-order valence-electron chi connectivity index (χ1n) is 8.76. The van der Waals surface area contributed by atoms with E-state index in [2.05, 4.69) is 16.9 Å². The highest BCUT2D eigenvalue weighted by molar-refractivity contribution is 6.01. The maximum atomic E-state index is 11.8. The van der Waals surface area contributed by atoms with Crippen molar-refractivity contribution in [3.8, 4) is 11.6 Å². The second-order valence-corrected chi connectivity index (χ2v) is 6.78. The Balaban J connectivity index is 1.89. The van der Waals surface area contributed by atoms with Crippen molar-refractivity contribution in [3.05, 3.63) is 30.0 Å². The summed E-state index contributed by atoms with van der Waals surface area (Å²) in [5.74, 6) is 0.399. The van der Waals surface area contributed by atoms with E-state index in [-0.39, 0.29) is 12.2 Å². The van der Waals surface area contributed by atoms with Crippen molar-refractivity contribution in [2.45, 2.75) is 26.1 Å². The van der Waals surface area contributed by atoms with Gasteiger partial charge in [0.1, 0.15) is 18.5 Å². The Morgan fingerprint density at radius 1 is 1.46 bits per heavy atom. The number of pyridine rings is 1. The van der Waals surface area contributed by atoms with Crippen LogP contribution in [0.25, 0.3) is 10.8 Å². The molecule has 7 heteroatoms. The van der Waals surface area contributed by atoms with Crippen LogP contribution in [0.4, 0.5) is 0 Å². The summed E-state index contributed by atoms with van der Waals surface area (Å²) in [7, 11) is 2.06. The molecule has 2 aromatic rings. The van der Waals surface area contributed by atoms with Gasteiger partial charge in [-0.25, -0.2) is 4.98 Å². The molecular formula is C19H25N3O4. The largest absolute Gasteiger partial charge is 0.490 e. The molecule has 0 radical (unpaired) electrons. The monoisotopic (exact) mass is 359 g/mol. The number of benzene rings is 1. The summed E-state index contributed by atoms with van der Waals surface area (Å²) in [5, 5.41) is 1.60. The number of hydrogen-bond donors (Lipinski definition) is 1. The average Bonchev–Trinajstić information content (AvgIpc) is 2.59. The molecule has 1 aliphatic heterocycles. The van der Waals surface area contributed by atoms with Crippen LogP contribution < -0.4 is 15.2 Å². The fourth-order valence-electron chi connectivity index (χ4n) is 2.97. The summed E-state index contributed by atoms with van der Waals surface area (Å²) in [5.41, 5.74) is 5.85. The summed E-state index contributed by atoms with van der Waals surface area (Å²) in [4.78, 5) is 18.3. The number of primary amides is 1. The molecule has 2 N–H and O–H groups in total. The molecule has 1 unspecified atom stereocenters. The normalized spacial score (nSPS) is 18.2. The Hall–Kier alpha value is -2.38. The summed E-state index contributed by atoms with van der Waals surface area (Å²) in [6.07, 6.45) is 1.57. The van der Waals surface area contributed by atoms with Crippen LogP contribution in [-0.4, -0.2) is 61.3 Å². The lowest BCUT2D eigenvalue weighted by molar-refractivity contribution is -0.0407. The van der Waals surface area contributed by atoms with Crippen LogP contribution in [0.15, 0.2) is 24.4 Å². The summed E-state index contributed by atoms with van der Waals surface area (Å²) >= 11 is 0. The van der Waals surface area contributed by atoms with E-state index in [4.69, 9.17) is 19.9 Å². The Morgan fingerprint density at radius 3 is 2.96 bits per heavy atom. The van der Waals surface area contributed by atoms with Gasteiger partial charge in [-0.3, -0.25) is 4.79 Å². The van der Waals surface area contributed by atoms with Gasteiger partial charge in [0.25, 0.3) is 5.91 Å². The maximum Gasteiger partial charge on any atom is 0.252 e. The molecule has 3 rings (SSSR count). The Labute approximate surface area is 153 Å². The van der Waals surface area contributed by atoms with Crippen LogP contribution in [0.2, 0.25) is 0 Å². The SMILES string of the molecule is CC(C)Oc1cc2c(OCC3CN(C)CCO3)nccc2cc1C(N)=O. The van der Waals surface area contributed by atoms with E-state index >= 15 is 0 Å². The van der Waals surface area contributed by atoms with Crippen molar-refractivity contribution in [2.75, 3.05) is 33.4 Å². The topological polar surface area (TPSA) is 86.9 Å². The molecule has 1 amide bonds. The lowest BCUT2D eigenvalue weighted by Gasteiger charge is -2.29. The van der Waals surface area contributed by atoms with E-state index in [1.54, 1.807) is 18.3 Å². The molecule has 1 saturated heterocycles. The lowest BCUT2D eigenvalue weighted by Crippen LogP contribution is -2.42. The molecule has 26 heavy (non-hydrogen) atoms. The van der Waals surface area contributed by atoms with Crippen molar-refractivity contribution < 1.29 is 19.0 Å². The zero-order valence-corrected chi connectivity index (χ0v) is 15.4. The van der Waals surface area contributed by atoms with Gasteiger partial charge in [0.15, 0.2) is 0 Å². The molecule has 1 aromatic carbocycles. The number of nitrogens with two attached hydrogens (primary N) is 1. The molecule has 0 saturated carbocycles. The fourth-order valence-corrected chi connectivity index (χ4v) is 2.97. The van der Waals surface area contributed by atoms with Gasteiger partial charge < -0.3 is 24.8 Å². The summed E-state index contributed by atoms with van der Waals surface area (Å²) < 4.78 is 17.4. The van der Waals surface area contributed by atoms with E-state index in [9.17, 15) is 4.79 Å². The number of amides is 1. The smallest absolute Gasteiger partial charge is 0.252 e. The highest BCUT2D eigenvalue weighted by atomic mass is 16.5. The molecule has 2 heterocycles. The number of likely N-dealkylation sites (N-methyl/N-ethyl adjacent to an activating group) is 1. The van der Waals surface area contributed by atoms with Gasteiger partial charge in [-0.2, -0.15) is 0 Å². The molecule has 1 aromatic heterocycles. The minimum absolute atomic E-state index is 0.00193. The number of morpholine rings is 1. The first-order chi connectivity index (χ1) is 12.4. The van der Waals surface area contributed by atoms with E-state index in [1.807, 2.05) is 19.9 Å². The van der Waals surface area contributed by atoms with Crippen LogP contribution in [0.1, 0.15) is 24.2 Å². The van der Waals surface area contributed by atoms with Crippen LogP contribution in [0.5, 0.6) is 11.6 Å². The van der Waals surface area contributed by atoms with E-state index in [0.717, 1.165) is 23.9 Å². The van der Waals surface area contributed by atoms with Crippen molar-refractivity contribution in [3.63, 3.8) is 0 Å². The lowest BCUT2D eigenvalue weighted by atomic mass is 10.1. The van der Waals surface area contributed by atoms with Crippen LogP contribution in [0.3, 0.4) is 0 Å². The number of ether oxygens (including phenoxy) is 3. The average molecular weight is 359 g/mol. The van der Waals surface area contributed by atoms with Crippen molar-refractivity contribution in [1.82, 2.24) is 9.88 Å². The quantitative estimate of drug-likeness (QED) is 0.847. The highest BCUT2D eigenvalue weighted by Crippen LogP contribution is 2.31. The first-order valence-corrected chi connectivity index (χ1v) is 8.76. The third-order valence-corrected chi connectivity index (χ3v) is 4.20. The van der Waals surface area contributed by atoms with Gasteiger partial charge in [-0.1, -0.05) is 0 Å². The van der Waals surface area contributed by atoms with Crippen molar-refractivity contribution >= 4 is 16.7 Å². The number of aromatic nitrogens is 1. The van der Waals surface area contributed by atoms with Gasteiger partial charge in [-0.05, 0) is 44.5 Å². The second-order valence-electron chi connectivity index (χ2n) is 6.78. The van der Waals surface area contributed by atoms with E-state index < -0.39 is 5.91 Å². The number of carbonyl (C=O) groups excluding carboxylic acids is 1. The Morgan fingerprint density at radius 2 is 2.27 bits per heavy atom. The third-order valence-electron chi connectivity index (χ3n) is 4.20. The minimum Gasteiger partial charge on any atom is -0.490 e. The molecule has 140 valence electrons. The number of nitrogens with zero attached hydrogens (tertiary/aromatic N) is 2. The van der Waals surface area contributed by atoms with Crippen LogP contribution in [0, 0.1) is 0 Å². The predicted molar refractivity (Wildman–Crippen MR) is 98.8 cm³/mol.